The van der Waals surface area contributed by atoms with Crippen LogP contribution < -0.4 is 9.62 Å². The van der Waals surface area contributed by atoms with Crippen molar-refractivity contribution in [1.82, 2.24) is 9.71 Å². The molecule has 2 fully saturated rings. The van der Waals surface area contributed by atoms with Crippen molar-refractivity contribution in [1.29, 1.82) is 5.26 Å². The Morgan fingerprint density at radius 2 is 1.97 bits per heavy atom. The fourth-order valence-electron chi connectivity index (χ4n) is 5.06. The van der Waals surface area contributed by atoms with Gasteiger partial charge in [-0.05, 0) is 67.9 Å². The van der Waals surface area contributed by atoms with E-state index < -0.39 is 10.0 Å². The molecule has 1 aliphatic carbocycles. The number of anilines is 1. The third kappa shape index (κ3) is 6.53. The molecule has 2 heterocycles. The third-order valence-electron chi connectivity index (χ3n) is 6.78. The molecule has 33 heavy (non-hydrogen) atoms. The number of rotatable bonds is 7. The Balaban J connectivity index is 1.34. The van der Waals surface area contributed by atoms with Gasteiger partial charge in [-0.25, -0.2) is 18.1 Å². The summed E-state index contributed by atoms with van der Waals surface area (Å²) in [6.07, 6.45) is 7.93. The van der Waals surface area contributed by atoms with Gasteiger partial charge in [-0.2, -0.15) is 5.26 Å². The van der Waals surface area contributed by atoms with E-state index in [-0.39, 0.29) is 18.1 Å². The monoisotopic (exact) mass is 468 g/mol. The van der Waals surface area contributed by atoms with Crippen LogP contribution in [0.2, 0.25) is 0 Å². The lowest BCUT2D eigenvalue weighted by molar-refractivity contribution is -0.00213. The van der Waals surface area contributed by atoms with Crippen molar-refractivity contribution in [2.75, 3.05) is 30.9 Å². The van der Waals surface area contributed by atoms with Crippen molar-refractivity contribution in [2.24, 2.45) is 5.92 Å². The summed E-state index contributed by atoms with van der Waals surface area (Å²) in [5, 5.41) is 9.16. The van der Waals surface area contributed by atoms with Gasteiger partial charge in [0.05, 0.1) is 30.6 Å². The fourth-order valence-corrected chi connectivity index (χ4v) is 5.92. The number of ether oxygens (including phenoxy) is 1. The van der Waals surface area contributed by atoms with Crippen LogP contribution in [0.5, 0.6) is 0 Å². The molecular formula is C25H32N4O3S. The van der Waals surface area contributed by atoms with E-state index >= 15 is 0 Å². The van der Waals surface area contributed by atoms with Crippen molar-refractivity contribution >= 4 is 15.8 Å². The Hall–Kier alpha value is -2.47. The fraction of sp³-hybridized carbons (Fsp3) is 0.520. The summed E-state index contributed by atoms with van der Waals surface area (Å²) in [6.45, 7) is 1.99. The highest BCUT2D eigenvalue weighted by Crippen LogP contribution is 2.35. The summed E-state index contributed by atoms with van der Waals surface area (Å²) in [7, 11) is -3.29. The molecule has 1 aliphatic heterocycles. The highest BCUT2D eigenvalue weighted by molar-refractivity contribution is 7.88. The van der Waals surface area contributed by atoms with Gasteiger partial charge in [-0.3, -0.25) is 0 Å². The molecule has 2 aromatic rings. The molecule has 1 saturated carbocycles. The summed E-state index contributed by atoms with van der Waals surface area (Å²) in [5.74, 6) is 1.44. The number of piperidine rings is 1. The van der Waals surface area contributed by atoms with Gasteiger partial charge in [0, 0.05) is 31.2 Å². The molecular weight excluding hydrogens is 436 g/mol. The number of pyridine rings is 1. The first-order valence-corrected chi connectivity index (χ1v) is 13.6. The van der Waals surface area contributed by atoms with E-state index in [9.17, 15) is 8.42 Å². The van der Waals surface area contributed by atoms with Crippen LogP contribution in [0.4, 0.5) is 5.82 Å². The second kappa shape index (κ2) is 10.6. The normalized spacial score (nSPS) is 26.0. The highest BCUT2D eigenvalue weighted by Gasteiger charge is 2.33. The zero-order valence-corrected chi connectivity index (χ0v) is 19.9. The number of nitrogens with one attached hydrogen (secondary N) is 1. The van der Waals surface area contributed by atoms with Gasteiger partial charge in [0.2, 0.25) is 10.0 Å². The Labute approximate surface area is 196 Å². The number of nitriles is 1. The minimum atomic E-state index is -3.29. The first-order chi connectivity index (χ1) is 15.9. The van der Waals surface area contributed by atoms with Gasteiger partial charge in [0.1, 0.15) is 5.82 Å². The molecule has 1 saturated heterocycles. The lowest BCUT2D eigenvalue weighted by Gasteiger charge is -2.40. The third-order valence-corrected chi connectivity index (χ3v) is 7.51. The highest BCUT2D eigenvalue weighted by atomic mass is 32.2. The Morgan fingerprint density at radius 1 is 1.15 bits per heavy atom. The molecule has 2 atom stereocenters. The molecule has 0 radical (unpaired) electrons. The summed E-state index contributed by atoms with van der Waals surface area (Å²) in [6, 6.07) is 15.9. The molecule has 2 aliphatic rings. The van der Waals surface area contributed by atoms with E-state index in [2.05, 4.69) is 26.7 Å². The smallest absolute Gasteiger partial charge is 0.208 e. The van der Waals surface area contributed by atoms with Crippen LogP contribution in [0.25, 0.3) is 0 Å². The van der Waals surface area contributed by atoms with Crippen LogP contribution in [0, 0.1) is 17.2 Å². The summed E-state index contributed by atoms with van der Waals surface area (Å²) >= 11 is 0. The average Bonchev–Trinajstić information content (AvgIpc) is 2.83. The maximum absolute atomic E-state index is 11.9. The van der Waals surface area contributed by atoms with Crippen molar-refractivity contribution in [3.63, 3.8) is 0 Å². The molecule has 1 aromatic carbocycles. The standard InChI is InChI=1S/C25H32N4O3S/c1-33(30,31)28-24-12-14-29(25-7-2-3-13-27-25)17-22(24)18-32-23-10-8-20(9-11-23)21-6-4-5-19(15-21)16-26/h2-7,13,15,20,22-24,28H,8-12,14,17-18H2,1H3. The summed E-state index contributed by atoms with van der Waals surface area (Å²) in [4.78, 5) is 6.68. The molecule has 4 rings (SSSR count). The van der Waals surface area contributed by atoms with Gasteiger partial charge in [-0.15, -0.1) is 0 Å². The topological polar surface area (TPSA) is 95.3 Å². The first-order valence-electron chi connectivity index (χ1n) is 11.7. The van der Waals surface area contributed by atoms with Crippen LogP contribution >= 0.6 is 0 Å². The number of sulfonamides is 1. The maximum Gasteiger partial charge on any atom is 0.208 e. The lowest BCUT2D eigenvalue weighted by Crippen LogP contribution is -2.52. The van der Waals surface area contributed by atoms with E-state index in [1.165, 1.54) is 11.8 Å². The minimum absolute atomic E-state index is 0.0560. The van der Waals surface area contributed by atoms with Gasteiger partial charge < -0.3 is 9.64 Å². The molecule has 0 amide bonds. The van der Waals surface area contributed by atoms with E-state index in [0.717, 1.165) is 44.5 Å². The summed E-state index contributed by atoms with van der Waals surface area (Å²) < 4.78 is 33.0. The zero-order valence-electron chi connectivity index (χ0n) is 19.1. The van der Waals surface area contributed by atoms with E-state index in [0.29, 0.717) is 24.6 Å². The molecule has 0 spiro atoms. The molecule has 8 heteroatoms. The number of hydrogen-bond donors (Lipinski definition) is 1. The summed E-state index contributed by atoms with van der Waals surface area (Å²) in [5.41, 5.74) is 1.95. The molecule has 1 N–H and O–H groups in total. The van der Waals surface area contributed by atoms with Crippen molar-refractivity contribution in [3.05, 3.63) is 59.8 Å². The lowest BCUT2D eigenvalue weighted by atomic mass is 9.82. The Bertz CT molecular complexity index is 1060. The van der Waals surface area contributed by atoms with Crippen molar-refractivity contribution in [3.8, 4) is 6.07 Å². The zero-order chi connectivity index (χ0) is 23.3. The average molecular weight is 469 g/mol. The van der Waals surface area contributed by atoms with Crippen LogP contribution in [-0.4, -0.2) is 51.5 Å². The van der Waals surface area contributed by atoms with Crippen LogP contribution in [0.1, 0.15) is 49.1 Å². The van der Waals surface area contributed by atoms with Gasteiger partial charge >= 0.3 is 0 Å². The Morgan fingerprint density at radius 3 is 2.67 bits per heavy atom. The van der Waals surface area contributed by atoms with E-state index in [1.54, 1.807) is 6.20 Å². The van der Waals surface area contributed by atoms with Gasteiger partial charge in [0.15, 0.2) is 0 Å². The molecule has 176 valence electrons. The minimum Gasteiger partial charge on any atom is -0.378 e. The molecule has 1 aromatic heterocycles. The first kappa shape index (κ1) is 23.7. The second-order valence-corrected chi connectivity index (χ2v) is 11.0. The van der Waals surface area contributed by atoms with Gasteiger partial charge in [0.25, 0.3) is 0 Å². The van der Waals surface area contributed by atoms with Gasteiger partial charge in [-0.1, -0.05) is 18.2 Å². The number of benzene rings is 1. The predicted octanol–water partition coefficient (Wildman–Crippen LogP) is 3.44. The number of hydrogen-bond acceptors (Lipinski definition) is 6. The molecule has 2 unspecified atom stereocenters. The quantitative estimate of drug-likeness (QED) is 0.669. The van der Waals surface area contributed by atoms with Crippen LogP contribution in [0.3, 0.4) is 0 Å². The van der Waals surface area contributed by atoms with E-state index in [1.807, 2.05) is 36.4 Å². The largest absolute Gasteiger partial charge is 0.378 e. The predicted molar refractivity (Wildman–Crippen MR) is 128 cm³/mol. The number of aromatic nitrogens is 1. The SMILES string of the molecule is CS(=O)(=O)NC1CCN(c2ccccn2)CC1COC1CCC(c2cccc(C#N)c2)CC1. The van der Waals surface area contributed by atoms with E-state index in [4.69, 9.17) is 10.00 Å². The van der Waals surface area contributed by atoms with Crippen LogP contribution in [-0.2, 0) is 14.8 Å². The molecule has 0 bridgehead atoms. The number of nitrogens with zero attached hydrogens (tertiary/aromatic N) is 3. The van der Waals surface area contributed by atoms with Crippen LogP contribution in [0.15, 0.2) is 48.7 Å². The molecule has 7 nitrogen and oxygen atoms in total. The maximum atomic E-state index is 11.9. The van der Waals surface area contributed by atoms with Crippen molar-refractivity contribution < 1.29 is 13.2 Å². The second-order valence-electron chi connectivity index (χ2n) is 9.22. The Kier molecular flexibility index (Phi) is 7.63. The van der Waals surface area contributed by atoms with Crippen molar-refractivity contribution in [2.45, 2.75) is 50.2 Å².